The van der Waals surface area contributed by atoms with E-state index in [1.54, 1.807) is 24.4 Å². The summed E-state index contributed by atoms with van der Waals surface area (Å²) in [6.45, 7) is 18.5. The van der Waals surface area contributed by atoms with Gasteiger partial charge in [0.05, 0.1) is 56.8 Å². The molecule has 1 aliphatic heterocycles. The number of benzene rings is 9. The average Bonchev–Trinajstić information content (AvgIpc) is 1.55. The van der Waals surface area contributed by atoms with Gasteiger partial charge in [0, 0.05) is 67.3 Å². The summed E-state index contributed by atoms with van der Waals surface area (Å²) < 4.78 is 110. The van der Waals surface area contributed by atoms with E-state index >= 15 is 0 Å². The fraction of sp³-hybridized carbons (Fsp3) is 0.203. The Bertz CT molecular complexity index is 4860. The van der Waals surface area contributed by atoms with Crippen molar-refractivity contribution in [1.29, 1.82) is 0 Å². The molecular formula is C74H69N5O. The molecule has 4 heterocycles. The highest BCUT2D eigenvalue weighted by atomic mass is 16.5. The number of anilines is 3. The second-order valence-electron chi connectivity index (χ2n) is 24.2. The number of rotatable bonds is 9. The number of fused-ring (bicyclic) bond motifs is 7. The van der Waals surface area contributed by atoms with Crippen LogP contribution in [-0.4, -0.2) is 20.8 Å². The molecule has 9 aromatic carbocycles. The van der Waals surface area contributed by atoms with E-state index in [1.165, 1.54) is 21.3 Å². The highest BCUT2D eigenvalue weighted by molar-refractivity contribution is 6.16. The molecule has 0 spiro atoms. The highest BCUT2D eigenvalue weighted by Gasteiger charge is 2.32. The van der Waals surface area contributed by atoms with Crippen molar-refractivity contribution < 1.29 is 19.8 Å². The van der Waals surface area contributed by atoms with Gasteiger partial charge in [0.1, 0.15) is 17.3 Å². The van der Waals surface area contributed by atoms with Crippen molar-refractivity contribution in [3.05, 3.63) is 240 Å². The largest absolute Gasteiger partial charge is 0.457 e. The number of hydrogen-bond donors (Lipinski definition) is 0. The Morgan fingerprint density at radius 1 is 0.512 bits per heavy atom. The quantitative estimate of drug-likeness (QED) is 0.144. The lowest BCUT2D eigenvalue weighted by Gasteiger charge is -2.28. The van der Waals surface area contributed by atoms with Crippen LogP contribution in [0.1, 0.15) is 105 Å². The normalized spacial score (nSPS) is 15.2. The lowest BCUT2D eigenvalue weighted by molar-refractivity contribution is 0.483. The van der Waals surface area contributed by atoms with E-state index in [0.29, 0.717) is 63.3 Å². The molecule has 3 aromatic heterocycles. The minimum atomic E-state index is -2.60. The Morgan fingerprint density at radius 2 is 1.16 bits per heavy atom. The summed E-state index contributed by atoms with van der Waals surface area (Å²) in [7, 11) is 0. The first-order chi connectivity index (χ1) is 43.0. The SMILES string of the molecule is [2H]c1c([2H])c([2H])c2c(c1[2H])c1c([2H])c([2H])c([2H])c([2H])c1n2-c1cccc2c1c1ccc(Oc3cccc(N4CN(Cc5cc(C(C)(C)C)cc(C(C)(C)C)c5)c5c(-c6ccccc6)cccc54)c3)cc1n2-c1cc(C([2H])([2H])[2H])c(-c2cccc(C(C)(C)C)c2)cn1. The van der Waals surface area contributed by atoms with Crippen LogP contribution in [0.5, 0.6) is 11.5 Å². The van der Waals surface area contributed by atoms with Gasteiger partial charge in [0.2, 0.25) is 0 Å². The van der Waals surface area contributed by atoms with Gasteiger partial charge in [-0.2, -0.15) is 0 Å². The fourth-order valence-corrected chi connectivity index (χ4v) is 11.5. The van der Waals surface area contributed by atoms with Crippen LogP contribution in [-0.2, 0) is 22.8 Å². The van der Waals surface area contributed by atoms with Crippen molar-refractivity contribution in [1.82, 2.24) is 14.1 Å². The summed E-state index contributed by atoms with van der Waals surface area (Å²) >= 11 is 0. The van der Waals surface area contributed by atoms with Gasteiger partial charge in [0.15, 0.2) is 0 Å². The van der Waals surface area contributed by atoms with Gasteiger partial charge >= 0.3 is 0 Å². The maximum atomic E-state index is 9.40. The molecule has 0 bridgehead atoms. The van der Waals surface area contributed by atoms with Gasteiger partial charge in [-0.05, 0) is 123 Å². The van der Waals surface area contributed by atoms with E-state index in [1.807, 2.05) is 77.4 Å². The maximum absolute atomic E-state index is 9.40. The number of para-hydroxylation sites is 3. The predicted octanol–water partition coefficient (Wildman–Crippen LogP) is 19.7. The van der Waals surface area contributed by atoms with Crippen LogP contribution >= 0.6 is 0 Å². The van der Waals surface area contributed by atoms with Crippen LogP contribution in [0.2, 0.25) is 0 Å². The molecule has 13 rings (SSSR count). The summed E-state index contributed by atoms with van der Waals surface area (Å²) in [5.41, 5.74) is 12.3. The molecule has 0 radical (unpaired) electrons. The molecule has 80 heavy (non-hydrogen) atoms. The van der Waals surface area contributed by atoms with Crippen molar-refractivity contribution in [2.45, 2.75) is 92.0 Å². The first kappa shape index (κ1) is 39.5. The van der Waals surface area contributed by atoms with E-state index < -0.39 is 55.2 Å². The van der Waals surface area contributed by atoms with Gasteiger partial charge in [-0.1, -0.05) is 196 Å². The molecule has 0 amide bonds. The van der Waals surface area contributed by atoms with Gasteiger partial charge in [-0.15, -0.1) is 0 Å². The highest BCUT2D eigenvalue weighted by Crippen LogP contribution is 2.49. The molecule has 0 saturated heterocycles. The van der Waals surface area contributed by atoms with E-state index in [2.05, 4.69) is 139 Å². The van der Waals surface area contributed by atoms with Crippen molar-refractivity contribution in [3.63, 3.8) is 0 Å². The van der Waals surface area contributed by atoms with Crippen LogP contribution in [0.4, 0.5) is 17.1 Å². The zero-order valence-corrected chi connectivity index (χ0v) is 46.6. The topological polar surface area (TPSA) is 38.5 Å². The number of nitrogens with zero attached hydrogens (tertiary/aromatic N) is 5. The van der Waals surface area contributed by atoms with Crippen molar-refractivity contribution >= 4 is 60.7 Å². The molecule has 6 nitrogen and oxygen atoms in total. The Kier molecular flexibility index (Phi) is 9.47. The van der Waals surface area contributed by atoms with Crippen molar-refractivity contribution in [2.75, 3.05) is 16.5 Å². The number of pyridine rings is 1. The molecule has 0 unspecified atom stereocenters. The maximum Gasteiger partial charge on any atom is 0.137 e. The first-order valence-electron chi connectivity index (χ1n) is 32.8. The molecule has 0 saturated carbocycles. The van der Waals surface area contributed by atoms with Crippen molar-refractivity contribution in [2.24, 2.45) is 0 Å². The Labute approximate surface area is 486 Å². The third kappa shape index (κ3) is 8.97. The van der Waals surface area contributed by atoms with Gasteiger partial charge in [-0.3, -0.25) is 4.57 Å². The van der Waals surface area contributed by atoms with Gasteiger partial charge < -0.3 is 19.1 Å². The van der Waals surface area contributed by atoms with Crippen LogP contribution in [0.15, 0.2) is 212 Å². The van der Waals surface area contributed by atoms with Crippen LogP contribution in [0, 0.1) is 6.85 Å². The summed E-state index contributed by atoms with van der Waals surface area (Å²) in [6, 6.07) is 48.5. The Balaban J connectivity index is 0.989. The third-order valence-corrected chi connectivity index (χ3v) is 15.7. The predicted molar refractivity (Wildman–Crippen MR) is 337 cm³/mol. The van der Waals surface area contributed by atoms with E-state index in [-0.39, 0.29) is 49.4 Å². The third-order valence-electron chi connectivity index (χ3n) is 15.7. The Hall–Kier alpha value is -8.87. The summed E-state index contributed by atoms with van der Waals surface area (Å²) in [5, 5.41) is 1.03. The number of aryl methyl sites for hydroxylation is 1. The monoisotopic (exact) mass is 1050 g/mol. The minimum absolute atomic E-state index is 0.0321. The van der Waals surface area contributed by atoms with Crippen LogP contribution in [0.25, 0.3) is 77.4 Å². The average molecular weight is 1060 g/mol. The zero-order valence-electron chi connectivity index (χ0n) is 57.6. The molecule has 396 valence electrons. The summed E-state index contributed by atoms with van der Waals surface area (Å²) in [6.07, 6.45) is 1.60. The smallest absolute Gasteiger partial charge is 0.137 e. The molecule has 12 aromatic rings. The molecule has 0 N–H and O–H groups in total. The minimum Gasteiger partial charge on any atom is -0.457 e. The number of ether oxygens (including phenoxy) is 1. The molecule has 0 atom stereocenters. The molecular weight excluding hydrogens is 975 g/mol. The second-order valence-corrected chi connectivity index (χ2v) is 24.2. The second kappa shape index (κ2) is 19.2. The molecule has 0 fully saturated rings. The van der Waals surface area contributed by atoms with E-state index in [0.717, 1.165) is 33.8 Å². The fourth-order valence-electron chi connectivity index (χ4n) is 11.5. The first-order valence-corrected chi connectivity index (χ1v) is 27.3. The summed E-state index contributed by atoms with van der Waals surface area (Å²) in [4.78, 5) is 9.87. The number of hydrogen-bond acceptors (Lipinski definition) is 4. The molecule has 1 aliphatic rings. The number of aromatic nitrogens is 3. The van der Waals surface area contributed by atoms with E-state index in [9.17, 15) is 5.48 Å². The lowest BCUT2D eigenvalue weighted by Crippen LogP contribution is -2.28. The van der Waals surface area contributed by atoms with Crippen molar-refractivity contribution in [3.8, 4) is 45.3 Å². The standard InChI is InChI=1S/C74H69N5O/c1-48-38-69(75-45-62(48)51-24-18-25-52(41-51)72(2,3)4)79-66-34-21-33-65(78-63-31-16-14-28-59(63)60-29-15-17-32-64(60)78)70(66)61-37-36-57(44-68(61)79)80-56-27-19-26-55(43-56)77-47-76(71-58(30-20-35-67(71)77)50-22-12-11-13-23-50)46-49-39-53(73(5,6)7)42-54(40-49)74(8,9)10/h11-45H,46-47H2,1-10H3/i1D3,14D,15D,16D,17D,28D,29D,31D,32D. The molecule has 6 heteroatoms. The Morgan fingerprint density at radius 3 is 1.88 bits per heavy atom. The summed E-state index contributed by atoms with van der Waals surface area (Å²) in [5.74, 6) is 1.24. The van der Waals surface area contributed by atoms with Crippen LogP contribution in [0.3, 0.4) is 0 Å². The zero-order chi connectivity index (χ0) is 64.7. The van der Waals surface area contributed by atoms with Gasteiger partial charge in [0.25, 0.3) is 0 Å². The van der Waals surface area contributed by atoms with E-state index in [4.69, 9.17) is 19.3 Å². The van der Waals surface area contributed by atoms with Crippen LogP contribution < -0.4 is 14.5 Å². The van der Waals surface area contributed by atoms with Gasteiger partial charge in [-0.25, -0.2) is 4.98 Å². The lowest BCUT2D eigenvalue weighted by atomic mass is 9.79. The molecule has 0 aliphatic carbocycles.